The Morgan fingerprint density at radius 3 is 1.29 bits per heavy atom. The lowest BCUT2D eigenvalue weighted by atomic mass is 9.89. The molecule has 0 spiro atoms. The van der Waals surface area contributed by atoms with Gasteiger partial charge in [0.2, 0.25) is 0 Å². The third-order valence-electron chi connectivity index (χ3n) is 4.75. The van der Waals surface area contributed by atoms with Crippen molar-refractivity contribution < 1.29 is 0 Å². The second-order valence-electron chi connectivity index (χ2n) is 6.19. The van der Waals surface area contributed by atoms with E-state index in [0.29, 0.717) is 0 Å². The summed E-state index contributed by atoms with van der Waals surface area (Å²) in [6, 6.07) is 28.6. The van der Waals surface area contributed by atoms with Crippen LogP contribution >= 0.6 is 0 Å². The number of fused-ring (bicyclic) bond motifs is 2. The van der Waals surface area contributed by atoms with Gasteiger partial charge in [-0.1, -0.05) is 84.9 Å². The maximum Gasteiger partial charge on any atom is 0.0497 e. The summed E-state index contributed by atoms with van der Waals surface area (Å²) in [5.74, 6) is 0. The second kappa shape index (κ2) is 6.08. The molecule has 0 aromatic heterocycles. The summed E-state index contributed by atoms with van der Waals surface area (Å²) in [6.07, 6.45) is 0. The molecule has 0 bridgehead atoms. The molecule has 2 heteroatoms. The van der Waals surface area contributed by atoms with Gasteiger partial charge in [-0.2, -0.15) is 0 Å². The molecule has 0 fully saturated rings. The Morgan fingerprint density at radius 2 is 0.833 bits per heavy atom. The van der Waals surface area contributed by atoms with Crippen molar-refractivity contribution in [3.63, 3.8) is 0 Å². The summed E-state index contributed by atoms with van der Waals surface area (Å²) in [6.45, 7) is 0. The lowest BCUT2D eigenvalue weighted by molar-refractivity contribution is 0.581. The molecule has 0 saturated heterocycles. The van der Waals surface area contributed by atoms with Crippen LogP contribution in [-0.4, -0.2) is 0 Å². The molecule has 0 aliphatic carbocycles. The van der Waals surface area contributed by atoms with Gasteiger partial charge in [0.05, 0.1) is 0 Å². The van der Waals surface area contributed by atoms with E-state index in [2.05, 4.69) is 48.5 Å². The fourth-order valence-corrected chi connectivity index (χ4v) is 3.47. The molecule has 2 nitrogen and oxygen atoms in total. The zero-order valence-electron chi connectivity index (χ0n) is 13.4. The fourth-order valence-electron chi connectivity index (χ4n) is 3.47. The van der Waals surface area contributed by atoms with Crippen molar-refractivity contribution in [1.82, 2.24) is 0 Å². The molecule has 4 aromatic rings. The molecular weight excluding hydrogens is 292 g/mol. The maximum absolute atomic E-state index is 6.60. The average Bonchev–Trinajstić information content (AvgIpc) is 2.66. The van der Waals surface area contributed by atoms with Gasteiger partial charge in [0.25, 0.3) is 0 Å². The largest absolute Gasteiger partial charge is 0.322 e. The molecule has 24 heavy (non-hydrogen) atoms. The Kier molecular flexibility index (Phi) is 3.77. The third-order valence-corrected chi connectivity index (χ3v) is 4.75. The number of hydrogen-bond acceptors (Lipinski definition) is 2. The Labute approximate surface area is 141 Å². The van der Waals surface area contributed by atoms with Crippen LogP contribution in [0.4, 0.5) is 0 Å². The van der Waals surface area contributed by atoms with Crippen LogP contribution in [0.2, 0.25) is 0 Å². The third kappa shape index (κ3) is 2.46. The van der Waals surface area contributed by atoms with E-state index in [4.69, 9.17) is 11.5 Å². The molecular formula is C22H20N2. The summed E-state index contributed by atoms with van der Waals surface area (Å²) in [7, 11) is 0. The molecule has 4 N–H and O–H groups in total. The van der Waals surface area contributed by atoms with Gasteiger partial charge < -0.3 is 11.5 Å². The zero-order valence-corrected chi connectivity index (χ0v) is 13.4. The van der Waals surface area contributed by atoms with Gasteiger partial charge >= 0.3 is 0 Å². The van der Waals surface area contributed by atoms with Gasteiger partial charge in [0, 0.05) is 12.1 Å². The monoisotopic (exact) mass is 312 g/mol. The standard InChI is InChI=1S/C22H20N2/c23-21(19-13-5-9-15-7-1-3-11-17(15)19)22(24)20-14-6-10-16-8-2-4-12-18(16)20/h1-14,21-22H,23-24H2/t21-,22-/m1/s1. The molecule has 2 atom stereocenters. The van der Waals surface area contributed by atoms with Crippen molar-refractivity contribution in [2.24, 2.45) is 11.5 Å². The molecule has 0 aliphatic rings. The summed E-state index contributed by atoms with van der Waals surface area (Å²) < 4.78 is 0. The number of hydrogen-bond donors (Lipinski definition) is 2. The lowest BCUT2D eigenvalue weighted by Gasteiger charge is -2.23. The van der Waals surface area contributed by atoms with Crippen LogP contribution < -0.4 is 11.5 Å². The molecule has 0 radical (unpaired) electrons. The highest BCUT2D eigenvalue weighted by molar-refractivity contribution is 5.88. The van der Waals surface area contributed by atoms with Crippen molar-refractivity contribution in [3.8, 4) is 0 Å². The summed E-state index contributed by atoms with van der Waals surface area (Å²) in [4.78, 5) is 0. The molecule has 0 aliphatic heterocycles. The summed E-state index contributed by atoms with van der Waals surface area (Å²) in [5, 5.41) is 4.72. The topological polar surface area (TPSA) is 52.0 Å². The minimum atomic E-state index is -0.262. The van der Waals surface area contributed by atoms with Crippen LogP contribution in [0.3, 0.4) is 0 Å². The van der Waals surface area contributed by atoms with Crippen LogP contribution in [0.1, 0.15) is 23.2 Å². The highest BCUT2D eigenvalue weighted by atomic mass is 14.8. The zero-order chi connectivity index (χ0) is 16.5. The Hall–Kier alpha value is -2.68. The van der Waals surface area contributed by atoms with Crippen molar-refractivity contribution in [2.75, 3.05) is 0 Å². The molecule has 0 saturated carbocycles. The van der Waals surface area contributed by atoms with Crippen LogP contribution in [0, 0.1) is 0 Å². The minimum absolute atomic E-state index is 0.262. The van der Waals surface area contributed by atoms with E-state index < -0.39 is 0 Å². The van der Waals surface area contributed by atoms with E-state index in [9.17, 15) is 0 Å². The quantitative estimate of drug-likeness (QED) is 0.576. The molecule has 0 heterocycles. The van der Waals surface area contributed by atoms with E-state index in [1.54, 1.807) is 0 Å². The van der Waals surface area contributed by atoms with E-state index in [0.717, 1.165) is 11.1 Å². The fraction of sp³-hybridized carbons (Fsp3) is 0.0909. The van der Waals surface area contributed by atoms with E-state index in [-0.39, 0.29) is 12.1 Å². The van der Waals surface area contributed by atoms with E-state index >= 15 is 0 Å². The van der Waals surface area contributed by atoms with E-state index in [1.807, 2.05) is 36.4 Å². The highest BCUT2D eigenvalue weighted by Gasteiger charge is 2.20. The SMILES string of the molecule is N[C@H](c1cccc2ccccc12)[C@H](N)c1cccc2ccccc12. The van der Waals surface area contributed by atoms with Gasteiger partial charge in [-0.15, -0.1) is 0 Å². The van der Waals surface area contributed by atoms with Crippen LogP contribution in [0.5, 0.6) is 0 Å². The van der Waals surface area contributed by atoms with E-state index in [1.165, 1.54) is 21.5 Å². The van der Waals surface area contributed by atoms with Gasteiger partial charge in [-0.25, -0.2) is 0 Å². The lowest BCUT2D eigenvalue weighted by Crippen LogP contribution is -2.26. The Bertz CT molecular complexity index is 913. The van der Waals surface area contributed by atoms with Crippen molar-refractivity contribution in [1.29, 1.82) is 0 Å². The molecule has 4 aromatic carbocycles. The van der Waals surface area contributed by atoms with Crippen LogP contribution in [0.25, 0.3) is 21.5 Å². The summed E-state index contributed by atoms with van der Waals surface area (Å²) >= 11 is 0. The normalized spacial score (nSPS) is 13.9. The molecule has 0 unspecified atom stereocenters. The average molecular weight is 312 g/mol. The summed E-state index contributed by atoms with van der Waals surface area (Å²) in [5.41, 5.74) is 15.4. The predicted octanol–water partition coefficient (Wildman–Crippen LogP) is 4.69. The first-order chi connectivity index (χ1) is 11.8. The Balaban J connectivity index is 1.82. The van der Waals surface area contributed by atoms with Gasteiger partial charge in [-0.05, 0) is 32.7 Å². The smallest absolute Gasteiger partial charge is 0.0497 e. The predicted molar refractivity (Wildman–Crippen MR) is 102 cm³/mol. The van der Waals surface area contributed by atoms with Crippen molar-refractivity contribution >= 4 is 21.5 Å². The molecule has 118 valence electrons. The van der Waals surface area contributed by atoms with Crippen molar-refractivity contribution in [2.45, 2.75) is 12.1 Å². The number of benzene rings is 4. The molecule has 0 amide bonds. The first kappa shape index (κ1) is 14.9. The Morgan fingerprint density at radius 1 is 0.458 bits per heavy atom. The van der Waals surface area contributed by atoms with Crippen LogP contribution in [0.15, 0.2) is 84.9 Å². The number of nitrogens with two attached hydrogens (primary N) is 2. The van der Waals surface area contributed by atoms with Gasteiger partial charge in [-0.3, -0.25) is 0 Å². The second-order valence-corrected chi connectivity index (χ2v) is 6.19. The van der Waals surface area contributed by atoms with Gasteiger partial charge in [0.1, 0.15) is 0 Å². The first-order valence-corrected chi connectivity index (χ1v) is 8.22. The minimum Gasteiger partial charge on any atom is -0.322 e. The van der Waals surface area contributed by atoms with Crippen molar-refractivity contribution in [3.05, 3.63) is 96.1 Å². The number of rotatable bonds is 3. The molecule has 4 rings (SSSR count). The van der Waals surface area contributed by atoms with Crippen LogP contribution in [-0.2, 0) is 0 Å². The maximum atomic E-state index is 6.60. The first-order valence-electron chi connectivity index (χ1n) is 8.22. The van der Waals surface area contributed by atoms with Gasteiger partial charge in [0.15, 0.2) is 0 Å². The highest BCUT2D eigenvalue weighted by Crippen LogP contribution is 2.33.